The third-order valence-corrected chi connectivity index (χ3v) is 2.74. The first-order valence-corrected chi connectivity index (χ1v) is 5.03. The van der Waals surface area contributed by atoms with Crippen LogP contribution >= 0.6 is 0 Å². The van der Waals surface area contributed by atoms with Crippen LogP contribution in [0.1, 0.15) is 28.9 Å². The molecule has 1 heterocycles. The summed E-state index contributed by atoms with van der Waals surface area (Å²) in [5.41, 5.74) is -0.0302. The first-order chi connectivity index (χ1) is 7.55. The minimum atomic E-state index is -1.05. The van der Waals surface area contributed by atoms with Crippen LogP contribution in [0.4, 0.5) is 0 Å². The highest BCUT2D eigenvalue weighted by Crippen LogP contribution is 2.35. The highest BCUT2D eigenvalue weighted by atomic mass is 16.4. The molecule has 0 saturated heterocycles. The van der Waals surface area contributed by atoms with E-state index in [9.17, 15) is 9.59 Å². The Bertz CT molecular complexity index is 452. The van der Waals surface area contributed by atoms with Crippen molar-refractivity contribution in [2.45, 2.75) is 25.3 Å². The van der Waals surface area contributed by atoms with Crippen LogP contribution in [0.15, 0.2) is 18.3 Å². The molecule has 0 radical (unpaired) electrons. The lowest BCUT2D eigenvalue weighted by atomic mass is 10.2. The highest BCUT2D eigenvalue weighted by molar-refractivity contribution is 5.98. The second-order valence-corrected chi connectivity index (χ2v) is 4.01. The Kier molecular flexibility index (Phi) is 2.38. The van der Waals surface area contributed by atoms with E-state index in [4.69, 9.17) is 5.11 Å². The number of aromatic nitrogens is 1. The van der Waals surface area contributed by atoms with Crippen molar-refractivity contribution in [2.75, 3.05) is 0 Å². The van der Waals surface area contributed by atoms with Crippen LogP contribution in [-0.4, -0.2) is 27.5 Å². The fraction of sp³-hybridized carbons (Fsp3) is 0.364. The van der Waals surface area contributed by atoms with E-state index < -0.39 is 17.4 Å². The molecule has 0 bridgehead atoms. The van der Waals surface area contributed by atoms with E-state index in [0.29, 0.717) is 12.8 Å². The maximum absolute atomic E-state index is 11.8. The number of nitrogens with one attached hydrogen (secondary N) is 1. The molecule has 0 atom stereocenters. The van der Waals surface area contributed by atoms with E-state index in [1.165, 1.54) is 6.20 Å². The quantitative estimate of drug-likeness (QED) is 0.787. The second-order valence-electron chi connectivity index (χ2n) is 4.01. The Morgan fingerprint density at radius 3 is 2.69 bits per heavy atom. The van der Waals surface area contributed by atoms with E-state index in [2.05, 4.69) is 10.3 Å². The third kappa shape index (κ3) is 1.76. The van der Waals surface area contributed by atoms with Gasteiger partial charge in [-0.25, -0.2) is 4.79 Å². The molecule has 1 amide bonds. The number of amides is 1. The van der Waals surface area contributed by atoms with Gasteiger partial charge in [-0.1, -0.05) is 6.07 Å². The largest absolute Gasteiger partial charge is 0.480 e. The zero-order valence-electron chi connectivity index (χ0n) is 8.86. The fourth-order valence-electron chi connectivity index (χ4n) is 1.52. The number of carbonyl (C=O) groups excluding carboxylic acids is 1. The third-order valence-electron chi connectivity index (χ3n) is 2.74. The minimum Gasteiger partial charge on any atom is -0.480 e. The summed E-state index contributed by atoms with van der Waals surface area (Å²) < 4.78 is 0. The summed E-state index contributed by atoms with van der Waals surface area (Å²) in [5.74, 6) is -1.40. The predicted octanol–water partition coefficient (Wildman–Crippen LogP) is 0.737. The first-order valence-electron chi connectivity index (χ1n) is 5.03. The van der Waals surface area contributed by atoms with Gasteiger partial charge in [0.2, 0.25) is 0 Å². The van der Waals surface area contributed by atoms with Gasteiger partial charge in [-0.3, -0.25) is 9.78 Å². The van der Waals surface area contributed by atoms with Crippen molar-refractivity contribution in [1.29, 1.82) is 0 Å². The van der Waals surface area contributed by atoms with Crippen molar-refractivity contribution in [3.8, 4) is 0 Å². The molecule has 1 aliphatic carbocycles. The summed E-state index contributed by atoms with van der Waals surface area (Å²) in [6, 6.07) is 3.50. The zero-order chi connectivity index (χ0) is 11.8. The van der Waals surface area contributed by atoms with Gasteiger partial charge in [0.05, 0.1) is 0 Å². The maximum Gasteiger partial charge on any atom is 0.329 e. The molecule has 5 nitrogen and oxygen atoms in total. The van der Waals surface area contributed by atoms with E-state index in [1.54, 1.807) is 19.1 Å². The Morgan fingerprint density at radius 2 is 2.19 bits per heavy atom. The number of nitrogens with zero attached hydrogens (tertiary/aromatic N) is 1. The smallest absolute Gasteiger partial charge is 0.329 e. The van der Waals surface area contributed by atoms with Crippen LogP contribution in [0.2, 0.25) is 0 Å². The number of hydrogen-bond acceptors (Lipinski definition) is 3. The van der Waals surface area contributed by atoms with Gasteiger partial charge in [-0.05, 0) is 31.4 Å². The number of carboxylic acids is 1. The first kappa shape index (κ1) is 10.6. The fourth-order valence-corrected chi connectivity index (χ4v) is 1.52. The average Bonchev–Trinajstić information content (AvgIpc) is 2.99. The Labute approximate surface area is 92.5 Å². The standard InChI is InChI=1S/C11H12N2O3/c1-7-3-2-6-12-8(7)9(14)13-11(4-5-11)10(15)16/h2-3,6H,4-5H2,1H3,(H,13,14)(H,15,16). The van der Waals surface area contributed by atoms with Crippen LogP contribution in [0.25, 0.3) is 0 Å². The monoisotopic (exact) mass is 220 g/mol. The average molecular weight is 220 g/mol. The summed E-state index contributed by atoms with van der Waals surface area (Å²) in [6.45, 7) is 1.77. The number of carboxylic acid groups (broad SMARTS) is 1. The lowest BCUT2D eigenvalue weighted by molar-refractivity contribution is -0.140. The number of carbonyl (C=O) groups is 2. The molecule has 0 unspecified atom stereocenters. The zero-order valence-corrected chi connectivity index (χ0v) is 8.86. The molecule has 1 aliphatic rings. The van der Waals surface area contributed by atoms with E-state index in [1.807, 2.05) is 0 Å². The van der Waals surface area contributed by atoms with Crippen LogP contribution in [0, 0.1) is 6.92 Å². The maximum atomic E-state index is 11.8. The summed E-state index contributed by atoms with van der Waals surface area (Å²) in [7, 11) is 0. The molecule has 0 aliphatic heterocycles. The molecule has 1 aromatic heterocycles. The Morgan fingerprint density at radius 1 is 1.50 bits per heavy atom. The summed E-state index contributed by atoms with van der Waals surface area (Å²) in [6.07, 6.45) is 2.49. The van der Waals surface area contributed by atoms with E-state index in [-0.39, 0.29) is 5.69 Å². The van der Waals surface area contributed by atoms with Crippen molar-refractivity contribution in [1.82, 2.24) is 10.3 Å². The van der Waals surface area contributed by atoms with Crippen LogP contribution < -0.4 is 5.32 Å². The van der Waals surface area contributed by atoms with Crippen molar-refractivity contribution in [3.05, 3.63) is 29.6 Å². The minimum absolute atomic E-state index is 0.287. The summed E-state index contributed by atoms with van der Waals surface area (Å²) >= 11 is 0. The molecule has 16 heavy (non-hydrogen) atoms. The van der Waals surface area contributed by atoms with Crippen molar-refractivity contribution < 1.29 is 14.7 Å². The number of aliphatic carboxylic acids is 1. The normalized spacial score (nSPS) is 16.6. The van der Waals surface area contributed by atoms with Crippen LogP contribution in [0.5, 0.6) is 0 Å². The highest BCUT2D eigenvalue weighted by Gasteiger charge is 2.51. The Balaban J connectivity index is 2.16. The van der Waals surface area contributed by atoms with E-state index >= 15 is 0 Å². The van der Waals surface area contributed by atoms with Crippen molar-refractivity contribution >= 4 is 11.9 Å². The molecule has 0 spiro atoms. The van der Waals surface area contributed by atoms with Gasteiger partial charge < -0.3 is 10.4 Å². The van der Waals surface area contributed by atoms with Gasteiger partial charge in [-0.2, -0.15) is 0 Å². The summed E-state index contributed by atoms with van der Waals surface area (Å²) in [4.78, 5) is 26.6. The molecule has 2 rings (SSSR count). The summed E-state index contributed by atoms with van der Waals surface area (Å²) in [5, 5.41) is 11.5. The topological polar surface area (TPSA) is 79.3 Å². The van der Waals surface area contributed by atoms with Gasteiger partial charge in [-0.15, -0.1) is 0 Å². The predicted molar refractivity (Wildman–Crippen MR) is 56.0 cm³/mol. The van der Waals surface area contributed by atoms with Gasteiger partial charge in [0.15, 0.2) is 0 Å². The van der Waals surface area contributed by atoms with Crippen LogP contribution in [-0.2, 0) is 4.79 Å². The van der Waals surface area contributed by atoms with Crippen LogP contribution in [0.3, 0.4) is 0 Å². The number of rotatable bonds is 3. The van der Waals surface area contributed by atoms with Gasteiger partial charge >= 0.3 is 5.97 Å². The molecular formula is C11H12N2O3. The van der Waals surface area contributed by atoms with Crippen molar-refractivity contribution in [3.63, 3.8) is 0 Å². The molecule has 84 valence electrons. The second kappa shape index (κ2) is 3.59. The molecule has 1 saturated carbocycles. The molecule has 1 fully saturated rings. The SMILES string of the molecule is Cc1cccnc1C(=O)NC1(C(=O)O)CC1. The molecule has 5 heteroatoms. The lowest BCUT2D eigenvalue weighted by Crippen LogP contribution is -2.43. The van der Waals surface area contributed by atoms with Gasteiger partial charge in [0.1, 0.15) is 11.2 Å². The van der Waals surface area contributed by atoms with E-state index in [0.717, 1.165) is 5.56 Å². The van der Waals surface area contributed by atoms with Gasteiger partial charge in [0, 0.05) is 6.20 Å². The Hall–Kier alpha value is -1.91. The number of hydrogen-bond donors (Lipinski definition) is 2. The lowest BCUT2D eigenvalue weighted by Gasteiger charge is -2.12. The van der Waals surface area contributed by atoms with Crippen molar-refractivity contribution in [2.24, 2.45) is 0 Å². The molecule has 1 aromatic rings. The molecular weight excluding hydrogens is 208 g/mol. The molecule has 0 aromatic carbocycles. The number of pyridine rings is 1. The number of aryl methyl sites for hydroxylation is 1. The van der Waals surface area contributed by atoms with Gasteiger partial charge in [0.25, 0.3) is 5.91 Å². The molecule has 2 N–H and O–H groups in total.